The van der Waals surface area contributed by atoms with Crippen molar-refractivity contribution < 1.29 is 9.18 Å². The molecule has 0 aliphatic heterocycles. The van der Waals surface area contributed by atoms with Crippen molar-refractivity contribution in [1.82, 2.24) is 9.78 Å². The lowest BCUT2D eigenvalue weighted by Crippen LogP contribution is -2.06. The third kappa shape index (κ3) is 2.04. The van der Waals surface area contributed by atoms with E-state index in [0.29, 0.717) is 4.47 Å². The van der Waals surface area contributed by atoms with Gasteiger partial charge in [0, 0.05) is 17.7 Å². The Bertz CT molecular complexity index is 551. The molecule has 0 saturated carbocycles. The van der Waals surface area contributed by atoms with Crippen LogP contribution in [0.2, 0.25) is 0 Å². The summed E-state index contributed by atoms with van der Waals surface area (Å²) in [6.45, 7) is 0. The lowest BCUT2D eigenvalue weighted by atomic mass is 10.1. The molecule has 0 unspecified atom stereocenters. The maximum absolute atomic E-state index is 13.4. The number of aryl methyl sites for hydroxylation is 1. The summed E-state index contributed by atoms with van der Waals surface area (Å²) in [7, 11) is 1.70. The van der Waals surface area contributed by atoms with E-state index in [9.17, 15) is 9.18 Å². The van der Waals surface area contributed by atoms with Crippen LogP contribution in [0.25, 0.3) is 0 Å². The minimum Gasteiger partial charge on any atom is -0.287 e. The molecule has 1 aromatic carbocycles. The minimum absolute atomic E-state index is 0.0214. The number of rotatable bonds is 2. The summed E-state index contributed by atoms with van der Waals surface area (Å²) in [5, 5.41) is 3.94. The zero-order valence-electron chi connectivity index (χ0n) is 8.45. The van der Waals surface area contributed by atoms with E-state index in [1.54, 1.807) is 25.4 Å². The molecule has 0 radical (unpaired) electrons. The minimum atomic E-state index is -0.543. The summed E-state index contributed by atoms with van der Waals surface area (Å²) in [6.07, 6.45) is 1.64. The Morgan fingerprint density at radius 3 is 2.81 bits per heavy atom. The van der Waals surface area contributed by atoms with Gasteiger partial charge < -0.3 is 0 Å². The van der Waals surface area contributed by atoms with Crippen LogP contribution in [0.15, 0.2) is 34.9 Å². The molecule has 0 aliphatic rings. The van der Waals surface area contributed by atoms with Crippen molar-refractivity contribution >= 4 is 21.7 Å². The highest BCUT2D eigenvalue weighted by molar-refractivity contribution is 9.10. The van der Waals surface area contributed by atoms with E-state index in [1.807, 2.05) is 0 Å². The maximum atomic E-state index is 13.4. The van der Waals surface area contributed by atoms with E-state index < -0.39 is 11.6 Å². The first kappa shape index (κ1) is 11.0. The van der Waals surface area contributed by atoms with Gasteiger partial charge in [0.1, 0.15) is 11.5 Å². The predicted octanol–water partition coefficient (Wildman–Crippen LogP) is 2.55. The molecular formula is C11H8BrFN2O. The van der Waals surface area contributed by atoms with Gasteiger partial charge in [0.05, 0.1) is 5.56 Å². The van der Waals surface area contributed by atoms with Gasteiger partial charge in [0.25, 0.3) is 0 Å². The van der Waals surface area contributed by atoms with Crippen LogP contribution in [-0.2, 0) is 7.05 Å². The number of nitrogens with zero attached hydrogens (tertiary/aromatic N) is 2. The van der Waals surface area contributed by atoms with Crippen molar-refractivity contribution in [3.63, 3.8) is 0 Å². The molecule has 2 aromatic rings. The average molecular weight is 283 g/mol. The van der Waals surface area contributed by atoms with Gasteiger partial charge in [-0.2, -0.15) is 5.10 Å². The number of carbonyl (C=O) groups is 1. The second-order valence-electron chi connectivity index (χ2n) is 3.33. The summed E-state index contributed by atoms with van der Waals surface area (Å²) in [5.74, 6) is -0.960. The third-order valence-electron chi connectivity index (χ3n) is 2.12. The maximum Gasteiger partial charge on any atom is 0.216 e. The van der Waals surface area contributed by atoms with E-state index in [4.69, 9.17) is 0 Å². The van der Waals surface area contributed by atoms with Crippen LogP contribution >= 0.6 is 15.9 Å². The smallest absolute Gasteiger partial charge is 0.216 e. The fourth-order valence-electron chi connectivity index (χ4n) is 1.35. The first-order valence-corrected chi connectivity index (χ1v) is 5.36. The van der Waals surface area contributed by atoms with E-state index >= 15 is 0 Å². The molecule has 0 spiro atoms. The Morgan fingerprint density at radius 1 is 1.44 bits per heavy atom. The highest BCUT2D eigenvalue weighted by Gasteiger charge is 2.16. The number of carbonyl (C=O) groups excluding carboxylic acids is 1. The highest BCUT2D eigenvalue weighted by Crippen LogP contribution is 2.18. The highest BCUT2D eigenvalue weighted by atomic mass is 79.9. The number of aromatic nitrogens is 2. The van der Waals surface area contributed by atoms with Gasteiger partial charge in [-0.3, -0.25) is 9.48 Å². The van der Waals surface area contributed by atoms with E-state index in [2.05, 4.69) is 21.0 Å². The van der Waals surface area contributed by atoms with Gasteiger partial charge in [-0.25, -0.2) is 4.39 Å². The van der Waals surface area contributed by atoms with Crippen molar-refractivity contribution in [2.24, 2.45) is 7.05 Å². The van der Waals surface area contributed by atoms with Gasteiger partial charge in [0.2, 0.25) is 5.78 Å². The van der Waals surface area contributed by atoms with Crippen molar-refractivity contribution in [1.29, 1.82) is 0 Å². The van der Waals surface area contributed by atoms with Crippen LogP contribution in [-0.4, -0.2) is 15.6 Å². The Kier molecular flexibility index (Phi) is 2.87. The van der Waals surface area contributed by atoms with Crippen LogP contribution in [0.4, 0.5) is 4.39 Å². The number of hydrogen-bond acceptors (Lipinski definition) is 2. The van der Waals surface area contributed by atoms with Gasteiger partial charge >= 0.3 is 0 Å². The summed E-state index contributed by atoms with van der Waals surface area (Å²) in [4.78, 5) is 11.9. The number of ketones is 1. The Labute approximate surface area is 100 Å². The number of hydrogen-bond donors (Lipinski definition) is 0. The largest absolute Gasteiger partial charge is 0.287 e. The van der Waals surface area contributed by atoms with E-state index in [1.165, 1.54) is 16.8 Å². The number of halogens is 2. The van der Waals surface area contributed by atoms with Crippen molar-refractivity contribution in [2.45, 2.75) is 0 Å². The van der Waals surface area contributed by atoms with Crippen LogP contribution < -0.4 is 0 Å². The third-order valence-corrected chi connectivity index (χ3v) is 2.61. The van der Waals surface area contributed by atoms with Crippen LogP contribution in [0.3, 0.4) is 0 Å². The zero-order chi connectivity index (χ0) is 11.7. The van der Waals surface area contributed by atoms with Crippen LogP contribution in [0, 0.1) is 5.82 Å². The Hall–Kier alpha value is -1.49. The standard InChI is InChI=1S/C11H8BrFN2O/c1-15-5-4-10(14-15)11(16)8-6-7(12)2-3-9(8)13/h2-6H,1H3. The fraction of sp³-hybridized carbons (Fsp3) is 0.0909. The molecule has 1 heterocycles. The van der Waals surface area contributed by atoms with Crippen molar-refractivity contribution in [3.05, 3.63) is 52.0 Å². The van der Waals surface area contributed by atoms with E-state index in [0.717, 1.165) is 0 Å². The molecule has 0 aliphatic carbocycles. The number of benzene rings is 1. The predicted molar refractivity (Wildman–Crippen MR) is 60.7 cm³/mol. The van der Waals surface area contributed by atoms with Gasteiger partial charge in [0.15, 0.2) is 0 Å². The molecule has 3 nitrogen and oxygen atoms in total. The molecule has 0 bridgehead atoms. The summed E-state index contributed by atoms with van der Waals surface area (Å²) >= 11 is 3.20. The monoisotopic (exact) mass is 282 g/mol. The molecule has 2 rings (SSSR count). The summed E-state index contributed by atoms with van der Waals surface area (Å²) in [6, 6.07) is 5.81. The van der Waals surface area contributed by atoms with Crippen LogP contribution in [0.1, 0.15) is 16.1 Å². The van der Waals surface area contributed by atoms with E-state index in [-0.39, 0.29) is 11.3 Å². The molecule has 1 aromatic heterocycles. The second-order valence-corrected chi connectivity index (χ2v) is 4.24. The summed E-state index contributed by atoms with van der Waals surface area (Å²) in [5.41, 5.74) is 0.257. The van der Waals surface area contributed by atoms with Gasteiger partial charge in [-0.1, -0.05) is 15.9 Å². The molecule has 0 fully saturated rings. The molecule has 16 heavy (non-hydrogen) atoms. The average Bonchev–Trinajstić information content (AvgIpc) is 2.67. The zero-order valence-corrected chi connectivity index (χ0v) is 10.0. The van der Waals surface area contributed by atoms with Crippen molar-refractivity contribution in [2.75, 3.05) is 0 Å². The molecule has 0 amide bonds. The topological polar surface area (TPSA) is 34.9 Å². The van der Waals surface area contributed by atoms with Gasteiger partial charge in [-0.05, 0) is 24.3 Å². The quantitative estimate of drug-likeness (QED) is 0.794. The normalized spacial score (nSPS) is 10.4. The SMILES string of the molecule is Cn1ccc(C(=O)c2cc(Br)ccc2F)n1. The Balaban J connectivity index is 2.45. The fourth-order valence-corrected chi connectivity index (χ4v) is 1.71. The lowest BCUT2D eigenvalue weighted by Gasteiger charge is -2.00. The lowest BCUT2D eigenvalue weighted by molar-refractivity contribution is 0.103. The first-order chi connectivity index (χ1) is 7.58. The molecule has 5 heteroatoms. The summed E-state index contributed by atoms with van der Waals surface area (Å²) < 4.78 is 15.6. The molecule has 0 saturated heterocycles. The van der Waals surface area contributed by atoms with Crippen molar-refractivity contribution in [3.8, 4) is 0 Å². The van der Waals surface area contributed by atoms with Crippen LogP contribution in [0.5, 0.6) is 0 Å². The first-order valence-electron chi connectivity index (χ1n) is 4.57. The second kappa shape index (κ2) is 4.17. The molecule has 0 N–H and O–H groups in total. The van der Waals surface area contributed by atoms with Gasteiger partial charge in [-0.15, -0.1) is 0 Å². The Morgan fingerprint density at radius 2 is 2.19 bits per heavy atom. The molecular weight excluding hydrogens is 275 g/mol. The molecule has 0 atom stereocenters. The molecule has 82 valence electrons.